The van der Waals surface area contributed by atoms with E-state index in [1.165, 1.54) is 16.3 Å². The summed E-state index contributed by atoms with van der Waals surface area (Å²) in [5.41, 5.74) is 1.11. The summed E-state index contributed by atoms with van der Waals surface area (Å²) in [6.07, 6.45) is 3.79. The minimum atomic E-state index is -0.503. The topological polar surface area (TPSA) is 98.7 Å². The van der Waals surface area contributed by atoms with Crippen LogP contribution in [0.2, 0.25) is 0 Å². The third-order valence-corrected chi connectivity index (χ3v) is 4.79. The van der Waals surface area contributed by atoms with Crippen LogP contribution in [-0.2, 0) is 13.6 Å². The minimum Gasteiger partial charge on any atom is -0.431 e. The molecule has 3 aromatic heterocycles. The lowest BCUT2D eigenvalue weighted by Gasteiger charge is -2.03. The molecule has 0 saturated carbocycles. The second kappa shape index (κ2) is 6.34. The Morgan fingerprint density at radius 3 is 2.85 bits per heavy atom. The Kier molecular flexibility index (Phi) is 4.00. The van der Waals surface area contributed by atoms with Gasteiger partial charge in [0.2, 0.25) is 0 Å². The summed E-state index contributed by atoms with van der Waals surface area (Å²) >= 11 is 1.21. The molecule has 8 nitrogen and oxygen atoms in total. The van der Waals surface area contributed by atoms with E-state index in [9.17, 15) is 9.59 Å². The Labute approximate surface area is 151 Å². The molecule has 0 amide bonds. The van der Waals surface area contributed by atoms with E-state index in [0.29, 0.717) is 33.7 Å². The first kappa shape index (κ1) is 16.4. The van der Waals surface area contributed by atoms with Gasteiger partial charge in [0.1, 0.15) is 5.52 Å². The first-order valence-corrected chi connectivity index (χ1v) is 8.74. The summed E-state index contributed by atoms with van der Waals surface area (Å²) in [7, 11) is 1.57. The lowest BCUT2D eigenvalue weighted by atomic mass is 10.3. The van der Waals surface area contributed by atoms with Crippen LogP contribution in [0.4, 0.5) is 0 Å². The average Bonchev–Trinajstić information content (AvgIpc) is 3.19. The Morgan fingerprint density at radius 2 is 2.08 bits per heavy atom. The Morgan fingerprint density at radius 1 is 1.27 bits per heavy atom. The van der Waals surface area contributed by atoms with E-state index in [1.807, 2.05) is 43.3 Å². The standard InChI is InChI=1S/C17H15N5O3S/c1-3-4-9-22-12-13(21(2)15(24)20-14(12)23)19-16(22)26-17-18-10-7-5-6-8-11(10)25-17/h3-8H,9H2,1-2H3,(H,20,23,24). The molecule has 0 aliphatic rings. The number of rotatable bonds is 4. The number of nitrogens with zero attached hydrogens (tertiary/aromatic N) is 4. The molecule has 3 heterocycles. The number of imidazole rings is 1. The highest BCUT2D eigenvalue weighted by Gasteiger charge is 2.19. The number of aryl methyl sites for hydroxylation is 1. The number of aromatic amines is 1. The lowest BCUT2D eigenvalue weighted by Crippen LogP contribution is -2.29. The van der Waals surface area contributed by atoms with Crippen molar-refractivity contribution in [2.24, 2.45) is 7.05 Å². The molecule has 0 bridgehead atoms. The molecule has 4 aromatic rings. The molecule has 0 unspecified atom stereocenters. The van der Waals surface area contributed by atoms with Gasteiger partial charge in [0.05, 0.1) is 0 Å². The van der Waals surface area contributed by atoms with Crippen LogP contribution in [0, 0.1) is 0 Å². The van der Waals surface area contributed by atoms with Crippen molar-refractivity contribution in [2.45, 2.75) is 23.8 Å². The first-order valence-electron chi connectivity index (χ1n) is 7.92. The van der Waals surface area contributed by atoms with Gasteiger partial charge < -0.3 is 8.98 Å². The Balaban J connectivity index is 1.90. The van der Waals surface area contributed by atoms with Gasteiger partial charge in [-0.25, -0.2) is 14.8 Å². The van der Waals surface area contributed by atoms with Crippen molar-refractivity contribution < 1.29 is 4.42 Å². The molecule has 0 radical (unpaired) electrons. The highest BCUT2D eigenvalue weighted by Crippen LogP contribution is 2.30. The van der Waals surface area contributed by atoms with E-state index in [0.717, 1.165) is 5.52 Å². The van der Waals surface area contributed by atoms with Crippen LogP contribution in [0.25, 0.3) is 22.3 Å². The molecule has 26 heavy (non-hydrogen) atoms. The van der Waals surface area contributed by atoms with Crippen LogP contribution in [-0.4, -0.2) is 24.1 Å². The molecule has 4 rings (SSSR count). The maximum Gasteiger partial charge on any atom is 0.329 e. The van der Waals surface area contributed by atoms with E-state index in [4.69, 9.17) is 4.42 Å². The normalized spacial score (nSPS) is 11.9. The quantitative estimate of drug-likeness (QED) is 0.554. The Bertz CT molecular complexity index is 1230. The van der Waals surface area contributed by atoms with E-state index in [-0.39, 0.29) is 0 Å². The van der Waals surface area contributed by atoms with Gasteiger partial charge in [-0.1, -0.05) is 24.3 Å². The third kappa shape index (κ3) is 2.66. The van der Waals surface area contributed by atoms with E-state index >= 15 is 0 Å². The maximum absolute atomic E-state index is 12.3. The van der Waals surface area contributed by atoms with Gasteiger partial charge in [-0.15, -0.1) is 0 Å². The van der Waals surface area contributed by atoms with E-state index in [1.54, 1.807) is 11.6 Å². The molecule has 0 aliphatic heterocycles. The number of fused-ring (bicyclic) bond motifs is 2. The van der Waals surface area contributed by atoms with Gasteiger partial charge >= 0.3 is 5.69 Å². The number of aromatic nitrogens is 5. The zero-order chi connectivity index (χ0) is 18.3. The lowest BCUT2D eigenvalue weighted by molar-refractivity contribution is 0.488. The zero-order valence-electron chi connectivity index (χ0n) is 14.1. The van der Waals surface area contributed by atoms with Crippen LogP contribution in [0.5, 0.6) is 0 Å². The monoisotopic (exact) mass is 369 g/mol. The van der Waals surface area contributed by atoms with Gasteiger partial charge in [-0.05, 0) is 19.1 Å². The SMILES string of the molecule is CC=CCn1c(Sc2nc3ccccc3o2)nc2c1c(=O)[nH]c(=O)n2C. The van der Waals surface area contributed by atoms with Gasteiger partial charge in [-0.3, -0.25) is 14.3 Å². The van der Waals surface area contributed by atoms with Crippen LogP contribution in [0.1, 0.15) is 6.92 Å². The molecule has 0 atom stereocenters. The molecule has 0 saturated heterocycles. The fraction of sp³-hybridized carbons (Fsp3) is 0.176. The number of para-hydroxylation sites is 2. The number of benzene rings is 1. The molecule has 0 spiro atoms. The predicted molar refractivity (Wildman–Crippen MR) is 98.5 cm³/mol. The van der Waals surface area contributed by atoms with Crippen LogP contribution >= 0.6 is 11.8 Å². The molecule has 0 fully saturated rings. The first-order chi connectivity index (χ1) is 12.6. The van der Waals surface area contributed by atoms with Gasteiger partial charge in [0, 0.05) is 25.4 Å². The second-order valence-electron chi connectivity index (χ2n) is 5.61. The molecule has 132 valence electrons. The van der Waals surface area contributed by atoms with Crippen molar-refractivity contribution in [2.75, 3.05) is 0 Å². The number of hydrogen-bond donors (Lipinski definition) is 1. The summed E-state index contributed by atoms with van der Waals surface area (Å²) in [6.45, 7) is 2.34. The second-order valence-corrected chi connectivity index (χ2v) is 6.53. The number of allylic oxidation sites excluding steroid dienone is 2. The minimum absolute atomic E-state index is 0.321. The van der Waals surface area contributed by atoms with Crippen LogP contribution < -0.4 is 11.2 Å². The molecule has 9 heteroatoms. The van der Waals surface area contributed by atoms with E-state index in [2.05, 4.69) is 15.0 Å². The highest BCUT2D eigenvalue weighted by atomic mass is 32.2. The summed E-state index contributed by atoms with van der Waals surface area (Å²) in [4.78, 5) is 35.4. The summed E-state index contributed by atoms with van der Waals surface area (Å²) in [6, 6.07) is 7.46. The summed E-state index contributed by atoms with van der Waals surface area (Å²) in [5, 5.41) is 0.945. The van der Waals surface area contributed by atoms with Crippen molar-refractivity contribution in [1.29, 1.82) is 0 Å². The van der Waals surface area contributed by atoms with Crippen LogP contribution in [0.15, 0.2) is 60.8 Å². The van der Waals surface area contributed by atoms with Crippen molar-refractivity contribution in [3.05, 3.63) is 57.3 Å². The van der Waals surface area contributed by atoms with Gasteiger partial charge in [0.25, 0.3) is 10.8 Å². The van der Waals surface area contributed by atoms with Gasteiger partial charge in [0.15, 0.2) is 21.9 Å². The van der Waals surface area contributed by atoms with Gasteiger partial charge in [-0.2, -0.15) is 0 Å². The molecular formula is C17H15N5O3S. The highest BCUT2D eigenvalue weighted by molar-refractivity contribution is 7.99. The van der Waals surface area contributed by atoms with Crippen molar-refractivity contribution in [1.82, 2.24) is 24.1 Å². The smallest absolute Gasteiger partial charge is 0.329 e. The summed E-state index contributed by atoms with van der Waals surface area (Å²) < 4.78 is 8.80. The molecule has 1 N–H and O–H groups in total. The largest absolute Gasteiger partial charge is 0.431 e. The van der Waals surface area contributed by atoms with E-state index < -0.39 is 11.2 Å². The number of H-pyrrole nitrogens is 1. The zero-order valence-corrected chi connectivity index (χ0v) is 14.9. The number of nitrogens with one attached hydrogen (secondary N) is 1. The molecule has 0 aliphatic carbocycles. The Hall–Kier alpha value is -3.07. The third-order valence-electron chi connectivity index (χ3n) is 3.95. The fourth-order valence-electron chi connectivity index (χ4n) is 2.65. The summed E-state index contributed by atoms with van der Waals surface area (Å²) in [5.74, 6) is 0. The average molecular weight is 369 g/mol. The van der Waals surface area contributed by atoms with Crippen molar-refractivity contribution in [3.63, 3.8) is 0 Å². The predicted octanol–water partition coefficient (Wildman–Crippen LogP) is 2.29. The number of hydrogen-bond acceptors (Lipinski definition) is 6. The fourth-order valence-corrected chi connectivity index (χ4v) is 3.49. The molecule has 1 aromatic carbocycles. The van der Waals surface area contributed by atoms with Crippen LogP contribution in [0.3, 0.4) is 0 Å². The maximum atomic E-state index is 12.3. The van der Waals surface area contributed by atoms with Crippen molar-refractivity contribution >= 4 is 34.0 Å². The number of oxazole rings is 1. The molecular weight excluding hydrogens is 354 g/mol. The van der Waals surface area contributed by atoms with Crippen molar-refractivity contribution in [3.8, 4) is 0 Å².